The zero-order chi connectivity index (χ0) is 19.2. The summed E-state index contributed by atoms with van der Waals surface area (Å²) in [4.78, 5) is 33.1. The molecule has 0 spiro atoms. The lowest BCUT2D eigenvalue weighted by Gasteiger charge is -2.15. The van der Waals surface area contributed by atoms with Crippen molar-refractivity contribution >= 4 is 28.8 Å². The molecule has 0 fully saturated rings. The molecule has 2 aromatic heterocycles. The number of nitrogens with zero attached hydrogens (tertiary/aromatic N) is 2. The molecule has 0 radical (unpaired) electrons. The Kier molecular flexibility index (Phi) is 5.77. The average molecular weight is 382 g/mol. The molecular formula is C19H18N4O3S. The van der Waals surface area contributed by atoms with E-state index in [0.29, 0.717) is 10.6 Å². The Morgan fingerprint density at radius 2 is 1.89 bits per heavy atom. The van der Waals surface area contributed by atoms with Crippen molar-refractivity contribution in [2.45, 2.75) is 13.0 Å². The predicted octanol–water partition coefficient (Wildman–Crippen LogP) is 3.29. The van der Waals surface area contributed by atoms with Crippen LogP contribution in [-0.2, 0) is 0 Å². The van der Waals surface area contributed by atoms with Crippen LogP contribution in [0, 0.1) is 0 Å². The molecular weight excluding hydrogens is 364 g/mol. The number of benzene rings is 1. The van der Waals surface area contributed by atoms with Gasteiger partial charge in [0.25, 0.3) is 11.8 Å². The van der Waals surface area contributed by atoms with Gasteiger partial charge in [-0.2, -0.15) is 0 Å². The van der Waals surface area contributed by atoms with Crippen molar-refractivity contribution in [1.82, 2.24) is 15.3 Å². The summed E-state index contributed by atoms with van der Waals surface area (Å²) >= 11 is 1.26. The summed E-state index contributed by atoms with van der Waals surface area (Å²) in [6.07, 6.45) is 4.29. The highest BCUT2D eigenvalue weighted by Gasteiger charge is 2.18. The zero-order valence-electron chi connectivity index (χ0n) is 14.8. The third-order valence-electron chi connectivity index (χ3n) is 3.88. The number of methoxy groups -OCH3 is 1. The van der Waals surface area contributed by atoms with Gasteiger partial charge in [-0.15, -0.1) is 11.3 Å². The molecule has 2 amide bonds. The minimum atomic E-state index is -0.418. The third kappa shape index (κ3) is 4.48. The van der Waals surface area contributed by atoms with Crippen molar-refractivity contribution in [2.24, 2.45) is 0 Å². The predicted molar refractivity (Wildman–Crippen MR) is 103 cm³/mol. The van der Waals surface area contributed by atoms with Crippen LogP contribution in [0.5, 0.6) is 5.75 Å². The molecule has 0 saturated carbocycles. The molecule has 1 atom stereocenters. The molecule has 0 aliphatic rings. The Labute approximate surface area is 160 Å². The number of anilines is 1. The van der Waals surface area contributed by atoms with Crippen LogP contribution in [-0.4, -0.2) is 28.9 Å². The van der Waals surface area contributed by atoms with Crippen molar-refractivity contribution < 1.29 is 14.3 Å². The molecule has 0 aliphatic heterocycles. The SMILES string of the molecule is COc1ccc(C(C)NC(=O)c2sccc2NC(=O)c2cnccn2)cc1. The fraction of sp³-hybridized carbons (Fsp3) is 0.158. The van der Waals surface area contributed by atoms with E-state index in [4.69, 9.17) is 4.74 Å². The first-order valence-electron chi connectivity index (χ1n) is 8.18. The number of hydrogen-bond donors (Lipinski definition) is 2. The normalized spacial score (nSPS) is 11.5. The van der Waals surface area contributed by atoms with E-state index < -0.39 is 5.91 Å². The number of hydrogen-bond acceptors (Lipinski definition) is 6. The fourth-order valence-electron chi connectivity index (χ4n) is 2.42. The molecule has 1 unspecified atom stereocenters. The second-order valence-electron chi connectivity index (χ2n) is 5.68. The van der Waals surface area contributed by atoms with Crippen LogP contribution in [0.1, 0.15) is 38.7 Å². The summed E-state index contributed by atoms with van der Waals surface area (Å²) in [5, 5.41) is 7.40. The number of ether oxygens (including phenoxy) is 1. The number of rotatable bonds is 6. The fourth-order valence-corrected chi connectivity index (χ4v) is 3.18. The van der Waals surface area contributed by atoms with E-state index >= 15 is 0 Å². The minimum Gasteiger partial charge on any atom is -0.497 e. The standard InChI is InChI=1S/C19H18N4O3S/c1-12(13-3-5-14(26-2)6-4-13)22-19(25)17-15(7-10-27-17)23-18(24)16-11-20-8-9-21-16/h3-12H,1-2H3,(H,22,25)(H,23,24). The highest BCUT2D eigenvalue weighted by molar-refractivity contribution is 7.12. The summed E-state index contributed by atoms with van der Waals surface area (Å²) < 4.78 is 5.14. The van der Waals surface area contributed by atoms with Crippen LogP contribution in [0.4, 0.5) is 5.69 Å². The van der Waals surface area contributed by atoms with Crippen molar-refractivity contribution in [2.75, 3.05) is 12.4 Å². The Bertz CT molecular complexity index is 926. The van der Waals surface area contributed by atoms with E-state index in [0.717, 1.165) is 11.3 Å². The van der Waals surface area contributed by atoms with Gasteiger partial charge in [0.05, 0.1) is 25.0 Å². The number of nitrogens with one attached hydrogen (secondary N) is 2. The Balaban J connectivity index is 1.68. The van der Waals surface area contributed by atoms with E-state index in [-0.39, 0.29) is 17.6 Å². The van der Waals surface area contributed by atoms with E-state index in [1.165, 1.54) is 29.9 Å². The smallest absolute Gasteiger partial charge is 0.275 e. The number of carbonyl (C=O) groups excluding carboxylic acids is 2. The minimum absolute atomic E-state index is 0.182. The number of amides is 2. The van der Waals surface area contributed by atoms with Crippen LogP contribution >= 0.6 is 11.3 Å². The largest absolute Gasteiger partial charge is 0.497 e. The molecule has 3 aromatic rings. The molecule has 3 rings (SSSR count). The van der Waals surface area contributed by atoms with Gasteiger partial charge in [0.1, 0.15) is 16.3 Å². The van der Waals surface area contributed by atoms with Gasteiger partial charge in [-0.05, 0) is 36.1 Å². The summed E-state index contributed by atoms with van der Waals surface area (Å²) in [7, 11) is 1.61. The first kappa shape index (κ1) is 18.5. The molecule has 1 aromatic carbocycles. The molecule has 7 nitrogen and oxygen atoms in total. The van der Waals surface area contributed by atoms with Crippen LogP contribution in [0.25, 0.3) is 0 Å². The lowest BCUT2D eigenvalue weighted by Crippen LogP contribution is -2.27. The number of aromatic nitrogens is 2. The van der Waals surface area contributed by atoms with Gasteiger partial charge in [-0.25, -0.2) is 4.98 Å². The molecule has 2 heterocycles. The lowest BCUT2D eigenvalue weighted by molar-refractivity contribution is 0.0945. The summed E-state index contributed by atoms with van der Waals surface area (Å²) in [6.45, 7) is 1.89. The van der Waals surface area contributed by atoms with Crippen LogP contribution in [0.3, 0.4) is 0 Å². The third-order valence-corrected chi connectivity index (χ3v) is 4.79. The van der Waals surface area contributed by atoms with Crippen LogP contribution in [0.15, 0.2) is 54.3 Å². The Morgan fingerprint density at radius 1 is 1.11 bits per heavy atom. The van der Waals surface area contributed by atoms with Gasteiger partial charge >= 0.3 is 0 Å². The van der Waals surface area contributed by atoms with E-state index in [2.05, 4.69) is 20.6 Å². The topological polar surface area (TPSA) is 93.2 Å². The molecule has 2 N–H and O–H groups in total. The molecule has 27 heavy (non-hydrogen) atoms. The maximum absolute atomic E-state index is 12.6. The number of thiophene rings is 1. The van der Waals surface area contributed by atoms with Crippen molar-refractivity contribution in [3.05, 3.63) is 70.4 Å². The maximum atomic E-state index is 12.6. The summed E-state index contributed by atoms with van der Waals surface area (Å²) in [5.74, 6) is 0.0751. The second kappa shape index (κ2) is 8.41. The van der Waals surface area contributed by atoms with Crippen molar-refractivity contribution in [3.63, 3.8) is 0 Å². The van der Waals surface area contributed by atoms with Crippen molar-refractivity contribution in [1.29, 1.82) is 0 Å². The van der Waals surface area contributed by atoms with Crippen LogP contribution < -0.4 is 15.4 Å². The Morgan fingerprint density at radius 3 is 2.56 bits per heavy atom. The van der Waals surface area contributed by atoms with Gasteiger partial charge < -0.3 is 15.4 Å². The Hall–Kier alpha value is -3.26. The first-order chi connectivity index (χ1) is 13.1. The first-order valence-corrected chi connectivity index (χ1v) is 9.06. The summed E-state index contributed by atoms with van der Waals surface area (Å²) in [6, 6.07) is 8.97. The second-order valence-corrected chi connectivity index (χ2v) is 6.59. The van der Waals surface area contributed by atoms with Gasteiger partial charge in [0.15, 0.2) is 0 Å². The molecule has 8 heteroatoms. The molecule has 0 aliphatic carbocycles. The molecule has 138 valence electrons. The van der Waals surface area contributed by atoms with E-state index in [9.17, 15) is 9.59 Å². The van der Waals surface area contributed by atoms with Gasteiger partial charge in [-0.1, -0.05) is 12.1 Å². The van der Waals surface area contributed by atoms with Gasteiger partial charge in [0, 0.05) is 12.4 Å². The summed E-state index contributed by atoms with van der Waals surface area (Å²) in [5.41, 5.74) is 1.57. The van der Waals surface area contributed by atoms with Gasteiger partial charge in [0.2, 0.25) is 0 Å². The molecule has 0 bridgehead atoms. The quantitative estimate of drug-likeness (QED) is 0.682. The lowest BCUT2D eigenvalue weighted by atomic mass is 10.1. The van der Waals surface area contributed by atoms with E-state index in [1.807, 2.05) is 31.2 Å². The zero-order valence-corrected chi connectivity index (χ0v) is 15.6. The van der Waals surface area contributed by atoms with Crippen LogP contribution in [0.2, 0.25) is 0 Å². The van der Waals surface area contributed by atoms with Crippen molar-refractivity contribution in [3.8, 4) is 5.75 Å². The maximum Gasteiger partial charge on any atom is 0.275 e. The monoisotopic (exact) mass is 382 g/mol. The average Bonchev–Trinajstić information content (AvgIpc) is 3.17. The highest BCUT2D eigenvalue weighted by atomic mass is 32.1. The number of carbonyl (C=O) groups is 2. The highest BCUT2D eigenvalue weighted by Crippen LogP contribution is 2.24. The van der Waals surface area contributed by atoms with E-state index in [1.54, 1.807) is 18.6 Å². The molecule has 0 saturated heterocycles. The van der Waals surface area contributed by atoms with Gasteiger partial charge in [-0.3, -0.25) is 14.6 Å².